The number of aryl methyl sites for hydroxylation is 1. The molecule has 2 fully saturated rings. The highest BCUT2D eigenvalue weighted by molar-refractivity contribution is 5.88. The van der Waals surface area contributed by atoms with Gasteiger partial charge in [0.2, 0.25) is 0 Å². The number of hydrogen-bond acceptors (Lipinski definition) is 10. The molecule has 11 heteroatoms. The third-order valence-electron chi connectivity index (χ3n) is 7.43. The van der Waals surface area contributed by atoms with Crippen LogP contribution in [-0.4, -0.2) is 101 Å². The van der Waals surface area contributed by atoms with Crippen LogP contribution in [0.15, 0.2) is 54.7 Å². The molecule has 244 valence electrons. The summed E-state index contributed by atoms with van der Waals surface area (Å²) in [4.78, 5) is 17.1. The van der Waals surface area contributed by atoms with E-state index < -0.39 is 0 Å². The van der Waals surface area contributed by atoms with Crippen molar-refractivity contribution in [1.29, 1.82) is 0 Å². The summed E-state index contributed by atoms with van der Waals surface area (Å²) in [7, 11) is 5.17. The maximum Gasteiger partial charge on any atom is 0.158 e. The fourth-order valence-corrected chi connectivity index (χ4v) is 5.00. The molecule has 2 aliphatic heterocycles. The van der Waals surface area contributed by atoms with Gasteiger partial charge in [0.1, 0.15) is 12.3 Å². The molecule has 1 N–H and O–H groups in total. The lowest BCUT2D eigenvalue weighted by Gasteiger charge is -2.29. The van der Waals surface area contributed by atoms with Gasteiger partial charge >= 0.3 is 0 Å². The summed E-state index contributed by atoms with van der Waals surface area (Å²) < 4.78 is 17.1. The van der Waals surface area contributed by atoms with E-state index in [1.54, 1.807) is 14.2 Å². The minimum Gasteiger partial charge on any atom is -0.388 e. The van der Waals surface area contributed by atoms with Crippen molar-refractivity contribution in [3.05, 3.63) is 65.9 Å². The predicted molar refractivity (Wildman–Crippen MR) is 182 cm³/mol. The van der Waals surface area contributed by atoms with E-state index >= 15 is 0 Å². The van der Waals surface area contributed by atoms with Crippen LogP contribution in [0, 0.1) is 6.92 Å². The van der Waals surface area contributed by atoms with Crippen molar-refractivity contribution in [2.24, 2.45) is 0 Å². The summed E-state index contributed by atoms with van der Waals surface area (Å²) in [5.41, 5.74) is 7.91. The van der Waals surface area contributed by atoms with Crippen LogP contribution in [0.3, 0.4) is 0 Å². The first kappa shape index (κ1) is 35.4. The third kappa shape index (κ3) is 9.46. The number of hydrogen-bond donors (Lipinski definition) is 1. The number of carbonyl (C=O) groups is 1. The number of pyridine rings is 1. The topological polar surface area (TPSA) is 107 Å². The summed E-state index contributed by atoms with van der Waals surface area (Å²) in [5.74, 6) is 0.868. The maximum absolute atomic E-state index is 8.00. The molecule has 0 unspecified atom stereocenters. The van der Waals surface area contributed by atoms with Gasteiger partial charge in [0.05, 0.1) is 37.8 Å². The van der Waals surface area contributed by atoms with Gasteiger partial charge in [-0.2, -0.15) is 0 Å². The minimum atomic E-state index is 0.285. The number of benzene rings is 2. The molecule has 0 bridgehead atoms. The zero-order chi connectivity index (χ0) is 32.8. The number of nitrogens with one attached hydrogen (secondary N) is 1. The fourth-order valence-electron chi connectivity index (χ4n) is 5.00. The summed E-state index contributed by atoms with van der Waals surface area (Å²) in [5, 5.41) is 12.3. The number of carbonyl (C=O) groups excluding carboxylic acids is 1. The molecular formula is C34H49N7O4. The fraction of sp³-hybridized carbons (Fsp3) is 0.471. The Bertz CT molecular complexity index is 1440. The van der Waals surface area contributed by atoms with Crippen molar-refractivity contribution < 1.29 is 19.0 Å². The molecule has 0 aliphatic carbocycles. The minimum absolute atomic E-state index is 0.285. The molecule has 2 aromatic heterocycles. The highest BCUT2D eigenvalue weighted by atomic mass is 16.5. The highest BCUT2D eigenvalue weighted by Gasteiger charge is 2.21. The molecular weight excluding hydrogens is 570 g/mol. The van der Waals surface area contributed by atoms with E-state index in [9.17, 15) is 0 Å². The number of ether oxygens (including phenoxy) is 3. The van der Waals surface area contributed by atoms with E-state index in [0.717, 1.165) is 73.3 Å². The van der Waals surface area contributed by atoms with Crippen molar-refractivity contribution in [2.75, 3.05) is 89.0 Å². The number of fused-ring (bicyclic) bond motifs is 1. The zero-order valence-corrected chi connectivity index (χ0v) is 27.9. The largest absolute Gasteiger partial charge is 0.388 e. The molecule has 2 saturated heterocycles. The Morgan fingerprint density at radius 2 is 1.44 bits per heavy atom. The Morgan fingerprint density at radius 3 is 2.00 bits per heavy atom. The quantitative estimate of drug-likeness (QED) is 0.339. The first-order valence-electron chi connectivity index (χ1n) is 15.2. The smallest absolute Gasteiger partial charge is 0.158 e. The zero-order valence-electron chi connectivity index (χ0n) is 27.9. The molecule has 4 heterocycles. The number of rotatable bonds is 4. The lowest BCUT2D eigenvalue weighted by atomic mass is 9.87. The SMILES string of the molecule is C=O.CNc1ccc(N2CCOCC2)cc1-n1nnc2c(N3CCOCC3)nccc21.COC.Cc1ccc(C(C)(C)C)cc1. The summed E-state index contributed by atoms with van der Waals surface area (Å²) in [6, 6.07) is 17.1. The molecule has 2 aliphatic rings. The number of aromatic nitrogens is 4. The van der Waals surface area contributed by atoms with Crippen LogP contribution < -0.4 is 15.1 Å². The molecule has 0 amide bonds. The van der Waals surface area contributed by atoms with Crippen LogP contribution in [-0.2, 0) is 24.4 Å². The summed E-state index contributed by atoms with van der Waals surface area (Å²) in [6.45, 7) is 17.1. The average Bonchev–Trinajstić information content (AvgIpc) is 3.51. The van der Waals surface area contributed by atoms with Gasteiger partial charge in [0.25, 0.3) is 0 Å². The van der Waals surface area contributed by atoms with Crippen LogP contribution in [0.4, 0.5) is 17.2 Å². The van der Waals surface area contributed by atoms with Gasteiger partial charge in [-0.25, -0.2) is 9.67 Å². The van der Waals surface area contributed by atoms with Crippen LogP contribution >= 0.6 is 0 Å². The standard InChI is InChI=1S/C20H25N7O2.C11H16.C2H6O.CH2O/c1-21-16-3-2-15(25-6-10-28-11-7-25)14-18(16)27-17-4-5-22-20(19(17)23-24-27)26-8-12-29-13-9-26;1-9-5-7-10(8-6-9)11(2,3)4;1-3-2;1-2/h2-5,14,21H,6-13H2,1H3;5-8H,1-4H3;1-2H3;1H2. The Balaban J connectivity index is 0.000000289. The summed E-state index contributed by atoms with van der Waals surface area (Å²) >= 11 is 0. The molecule has 4 aromatic rings. The Kier molecular flexibility index (Phi) is 13.7. The van der Waals surface area contributed by atoms with E-state index in [4.69, 9.17) is 14.3 Å². The first-order chi connectivity index (χ1) is 21.8. The maximum atomic E-state index is 8.00. The van der Waals surface area contributed by atoms with Crippen molar-refractivity contribution in [3.8, 4) is 5.69 Å². The van der Waals surface area contributed by atoms with Gasteiger partial charge in [-0.3, -0.25) is 0 Å². The van der Waals surface area contributed by atoms with E-state index in [-0.39, 0.29) is 5.41 Å². The monoisotopic (exact) mass is 619 g/mol. The second kappa shape index (κ2) is 17.4. The Hall–Kier alpha value is -4.06. The predicted octanol–water partition coefficient (Wildman–Crippen LogP) is 4.90. The molecule has 6 rings (SSSR count). The molecule has 45 heavy (non-hydrogen) atoms. The van der Waals surface area contributed by atoms with Crippen LogP contribution in [0.1, 0.15) is 31.9 Å². The third-order valence-corrected chi connectivity index (χ3v) is 7.43. The van der Waals surface area contributed by atoms with E-state index in [2.05, 4.69) is 105 Å². The highest BCUT2D eigenvalue weighted by Crippen LogP contribution is 2.31. The molecule has 0 radical (unpaired) electrons. The number of nitrogens with zero attached hydrogens (tertiary/aromatic N) is 6. The Morgan fingerprint density at radius 1 is 0.867 bits per heavy atom. The van der Waals surface area contributed by atoms with Crippen molar-refractivity contribution in [1.82, 2.24) is 20.0 Å². The lowest BCUT2D eigenvalue weighted by Crippen LogP contribution is -2.36. The van der Waals surface area contributed by atoms with Crippen molar-refractivity contribution in [3.63, 3.8) is 0 Å². The van der Waals surface area contributed by atoms with Crippen molar-refractivity contribution >= 4 is 35.0 Å². The van der Waals surface area contributed by atoms with Gasteiger partial charge in [0.15, 0.2) is 11.3 Å². The number of methoxy groups -OCH3 is 1. The van der Waals surface area contributed by atoms with Gasteiger partial charge in [-0.1, -0.05) is 55.8 Å². The second-order valence-corrected chi connectivity index (χ2v) is 11.7. The van der Waals surface area contributed by atoms with Gasteiger partial charge in [0, 0.05) is 59.3 Å². The van der Waals surface area contributed by atoms with Crippen LogP contribution in [0.5, 0.6) is 0 Å². The number of anilines is 3. The Labute approximate surface area is 267 Å². The van der Waals surface area contributed by atoms with Crippen LogP contribution in [0.2, 0.25) is 0 Å². The van der Waals surface area contributed by atoms with E-state index in [1.165, 1.54) is 11.1 Å². The van der Waals surface area contributed by atoms with Gasteiger partial charge in [-0.05, 0) is 42.2 Å². The second-order valence-electron chi connectivity index (χ2n) is 11.7. The molecule has 2 aromatic carbocycles. The molecule has 11 nitrogen and oxygen atoms in total. The van der Waals surface area contributed by atoms with Crippen LogP contribution in [0.25, 0.3) is 16.7 Å². The van der Waals surface area contributed by atoms with Gasteiger partial charge in [-0.15, -0.1) is 5.10 Å². The van der Waals surface area contributed by atoms with E-state index in [1.807, 2.05) is 30.8 Å². The number of morpholine rings is 2. The van der Waals surface area contributed by atoms with E-state index in [0.29, 0.717) is 13.2 Å². The summed E-state index contributed by atoms with van der Waals surface area (Å²) in [6.07, 6.45) is 1.83. The lowest BCUT2D eigenvalue weighted by molar-refractivity contribution is -0.0980. The van der Waals surface area contributed by atoms with Gasteiger partial charge < -0.3 is 34.1 Å². The van der Waals surface area contributed by atoms with Crippen molar-refractivity contribution in [2.45, 2.75) is 33.1 Å². The molecule has 0 spiro atoms. The molecule has 0 atom stereocenters. The molecule has 0 saturated carbocycles. The normalized spacial score (nSPS) is 14.7. The average molecular weight is 620 g/mol. The first-order valence-corrected chi connectivity index (χ1v) is 15.2.